The Labute approximate surface area is 219 Å². The van der Waals surface area contributed by atoms with Crippen molar-refractivity contribution in [3.63, 3.8) is 0 Å². The summed E-state index contributed by atoms with van der Waals surface area (Å²) in [5, 5.41) is 2.87. The first kappa shape index (κ1) is 24.2. The quantitative estimate of drug-likeness (QED) is 0.286. The van der Waals surface area contributed by atoms with Gasteiger partial charge in [-0.15, -0.1) is 0 Å². The predicted octanol–water partition coefficient (Wildman–Crippen LogP) is 3.51. The van der Waals surface area contributed by atoms with Crippen molar-refractivity contribution in [2.24, 2.45) is 17.1 Å². The summed E-state index contributed by atoms with van der Waals surface area (Å²) in [6.45, 7) is 4.41. The molecule has 8 nitrogen and oxygen atoms in total. The summed E-state index contributed by atoms with van der Waals surface area (Å²) in [6.07, 6.45) is 3.92. The van der Waals surface area contributed by atoms with Crippen LogP contribution in [0.2, 0.25) is 0 Å². The van der Waals surface area contributed by atoms with Gasteiger partial charge in [0, 0.05) is 36.0 Å². The minimum Gasteiger partial charge on any atom is -0.329 e. The van der Waals surface area contributed by atoms with E-state index in [0.29, 0.717) is 27.7 Å². The van der Waals surface area contributed by atoms with E-state index >= 15 is 0 Å². The first-order valence-electron chi connectivity index (χ1n) is 12.9. The monoisotopic (exact) mass is 508 g/mol. The molecule has 3 aromatic rings. The van der Waals surface area contributed by atoms with Crippen LogP contribution in [0.25, 0.3) is 10.9 Å². The Balaban J connectivity index is 1.40. The summed E-state index contributed by atoms with van der Waals surface area (Å²) in [6, 6.07) is 14.3. The average Bonchev–Trinajstić information content (AvgIpc) is 3.57. The molecule has 3 atom stereocenters. The smallest absolute Gasteiger partial charge is 0.259 e. The van der Waals surface area contributed by atoms with E-state index < -0.39 is 17.4 Å². The average molecular weight is 509 g/mol. The molecular formula is C30H28N4O4. The third-order valence-corrected chi connectivity index (χ3v) is 8.07. The van der Waals surface area contributed by atoms with Crippen LogP contribution < -0.4 is 16.0 Å². The van der Waals surface area contributed by atoms with Gasteiger partial charge in [-0.3, -0.25) is 34.4 Å². The van der Waals surface area contributed by atoms with Crippen molar-refractivity contribution in [3.8, 4) is 0 Å². The second kappa shape index (κ2) is 8.70. The summed E-state index contributed by atoms with van der Waals surface area (Å²) in [7, 11) is 0. The number of imide groups is 1. The Morgan fingerprint density at radius 1 is 1.13 bits per heavy atom. The number of amides is 3. The highest BCUT2D eigenvalue weighted by atomic mass is 16.2. The van der Waals surface area contributed by atoms with Gasteiger partial charge in [0.25, 0.3) is 5.91 Å². The van der Waals surface area contributed by atoms with Gasteiger partial charge in [0.2, 0.25) is 11.8 Å². The maximum Gasteiger partial charge on any atom is 0.259 e. The van der Waals surface area contributed by atoms with Gasteiger partial charge in [-0.1, -0.05) is 50.3 Å². The maximum atomic E-state index is 14.2. The number of nitrogens with two attached hydrogens (primary N) is 1. The molecule has 3 aliphatic rings. The van der Waals surface area contributed by atoms with Gasteiger partial charge >= 0.3 is 0 Å². The van der Waals surface area contributed by atoms with E-state index in [1.54, 1.807) is 24.4 Å². The number of hydrogen-bond donors (Lipinski definition) is 2. The van der Waals surface area contributed by atoms with Crippen LogP contribution in [0.1, 0.15) is 58.9 Å². The third-order valence-electron chi connectivity index (χ3n) is 8.07. The standard InChI is InChI=1S/C30H28N4O4/c1-16(2)24(17-6-4-3-5-7-17)20-14-30(20,15-31)27(36)19-9-8-18-25-21(12-13-32-26(19)25)34(29(18)38)22-10-11-23(35)33-28(22)37/h3-9,12-14,16,22,24H,10-11,15,31H2,1-2H3,(H,33,35,37). The van der Waals surface area contributed by atoms with E-state index in [9.17, 15) is 19.2 Å². The molecule has 0 saturated carbocycles. The van der Waals surface area contributed by atoms with Crippen LogP contribution in [-0.4, -0.2) is 41.1 Å². The fourth-order valence-corrected chi connectivity index (χ4v) is 6.18. The molecule has 3 heterocycles. The summed E-state index contributed by atoms with van der Waals surface area (Å²) >= 11 is 0. The van der Waals surface area contributed by atoms with Crippen LogP contribution in [0.4, 0.5) is 5.69 Å². The predicted molar refractivity (Wildman–Crippen MR) is 143 cm³/mol. The molecule has 3 unspecified atom stereocenters. The van der Waals surface area contributed by atoms with Crippen molar-refractivity contribution < 1.29 is 19.2 Å². The van der Waals surface area contributed by atoms with Gasteiger partial charge in [-0.25, -0.2) is 0 Å². The largest absolute Gasteiger partial charge is 0.329 e. The van der Waals surface area contributed by atoms with Crippen LogP contribution in [0.5, 0.6) is 0 Å². The first-order chi connectivity index (χ1) is 18.3. The van der Waals surface area contributed by atoms with Crippen molar-refractivity contribution >= 4 is 40.1 Å². The molecular weight excluding hydrogens is 480 g/mol. The van der Waals surface area contributed by atoms with Gasteiger partial charge in [-0.05, 0) is 41.7 Å². The Morgan fingerprint density at radius 3 is 2.58 bits per heavy atom. The Kier molecular flexibility index (Phi) is 5.54. The fraction of sp³-hybridized carbons (Fsp3) is 0.300. The molecule has 1 fully saturated rings. The second-order valence-electron chi connectivity index (χ2n) is 10.6. The lowest BCUT2D eigenvalue weighted by Crippen LogP contribution is -2.53. The van der Waals surface area contributed by atoms with Crippen molar-refractivity contribution in [3.05, 3.63) is 83.1 Å². The van der Waals surface area contributed by atoms with Gasteiger partial charge in [0.1, 0.15) is 6.04 Å². The number of nitrogens with zero attached hydrogens (tertiary/aromatic N) is 2. The summed E-state index contributed by atoms with van der Waals surface area (Å²) in [5.41, 5.74) is 9.24. The zero-order chi connectivity index (χ0) is 26.8. The lowest BCUT2D eigenvalue weighted by molar-refractivity contribution is -0.134. The zero-order valence-electron chi connectivity index (χ0n) is 21.2. The Hall–Kier alpha value is -4.17. The minimum atomic E-state index is -0.904. The Bertz CT molecular complexity index is 1560. The van der Waals surface area contributed by atoms with Crippen LogP contribution in [-0.2, 0) is 9.59 Å². The number of hydrogen-bond acceptors (Lipinski definition) is 6. The van der Waals surface area contributed by atoms with Crippen molar-refractivity contribution in [2.75, 3.05) is 11.4 Å². The molecule has 38 heavy (non-hydrogen) atoms. The van der Waals surface area contributed by atoms with Crippen molar-refractivity contribution in [2.45, 2.75) is 38.6 Å². The zero-order valence-corrected chi connectivity index (χ0v) is 21.2. The van der Waals surface area contributed by atoms with Gasteiger partial charge in [-0.2, -0.15) is 0 Å². The van der Waals surface area contributed by atoms with E-state index in [-0.39, 0.29) is 48.8 Å². The van der Waals surface area contributed by atoms with E-state index in [0.717, 1.165) is 11.1 Å². The molecule has 2 aliphatic heterocycles. The molecule has 3 amide bonds. The lowest BCUT2D eigenvalue weighted by atomic mass is 9.78. The van der Waals surface area contributed by atoms with Crippen LogP contribution in [0, 0.1) is 11.3 Å². The lowest BCUT2D eigenvalue weighted by Gasteiger charge is -2.30. The summed E-state index contributed by atoms with van der Waals surface area (Å²) < 4.78 is 0. The number of piperidine rings is 1. The molecule has 8 heteroatoms. The number of carbonyl (C=O) groups excluding carboxylic acids is 4. The highest BCUT2D eigenvalue weighted by Gasteiger charge is 2.54. The van der Waals surface area contributed by atoms with Gasteiger partial charge in [0.05, 0.1) is 22.2 Å². The van der Waals surface area contributed by atoms with Gasteiger partial charge in [0.15, 0.2) is 5.78 Å². The van der Waals surface area contributed by atoms with Crippen molar-refractivity contribution in [1.82, 2.24) is 10.3 Å². The van der Waals surface area contributed by atoms with Crippen LogP contribution >= 0.6 is 0 Å². The number of rotatable bonds is 7. The molecule has 0 bridgehead atoms. The highest BCUT2D eigenvalue weighted by molar-refractivity contribution is 6.29. The third kappa shape index (κ3) is 3.44. The molecule has 1 aliphatic carbocycles. The summed E-state index contributed by atoms with van der Waals surface area (Å²) in [4.78, 5) is 57.9. The maximum absolute atomic E-state index is 14.2. The van der Waals surface area contributed by atoms with E-state index in [2.05, 4.69) is 36.3 Å². The molecule has 6 rings (SSSR count). The minimum absolute atomic E-state index is 0.0537. The number of Topliss-reactive ketones (excluding diaryl/α,β-unsaturated/α-hetero) is 1. The molecule has 192 valence electrons. The van der Waals surface area contributed by atoms with Crippen LogP contribution in [0.15, 0.2) is 66.4 Å². The number of anilines is 1. The van der Waals surface area contributed by atoms with Crippen molar-refractivity contribution in [1.29, 1.82) is 0 Å². The second-order valence-corrected chi connectivity index (χ2v) is 10.6. The number of pyridine rings is 1. The highest BCUT2D eigenvalue weighted by Crippen LogP contribution is 2.56. The van der Waals surface area contributed by atoms with E-state index in [1.165, 1.54) is 4.90 Å². The first-order valence-corrected chi connectivity index (χ1v) is 12.9. The Morgan fingerprint density at radius 2 is 1.89 bits per heavy atom. The molecule has 2 aromatic carbocycles. The molecule has 1 aromatic heterocycles. The summed E-state index contributed by atoms with van der Waals surface area (Å²) in [5.74, 6) is -1.01. The van der Waals surface area contributed by atoms with Gasteiger partial charge < -0.3 is 5.73 Å². The normalized spacial score (nSPS) is 23.1. The van der Waals surface area contributed by atoms with E-state index in [4.69, 9.17) is 5.73 Å². The number of aromatic nitrogens is 1. The number of benzene rings is 2. The molecule has 0 radical (unpaired) electrons. The molecule has 3 N–H and O–H groups in total. The molecule has 1 saturated heterocycles. The topological polar surface area (TPSA) is 122 Å². The fourth-order valence-electron chi connectivity index (χ4n) is 6.18. The SMILES string of the molecule is CC(C)C(C1=CC1(CN)C(=O)c1ccc2c3c(ccnc13)N(C1CCC(=O)NC1=O)C2=O)c1ccccc1. The number of carbonyl (C=O) groups is 4. The number of ketones is 1. The number of nitrogens with one attached hydrogen (secondary N) is 1. The van der Waals surface area contributed by atoms with E-state index in [1.807, 2.05) is 24.3 Å². The van der Waals surface area contributed by atoms with Crippen LogP contribution in [0.3, 0.4) is 0 Å². The molecule has 0 spiro atoms.